The summed E-state index contributed by atoms with van der Waals surface area (Å²) in [5.74, 6) is 0.446. The number of hydrogen-bond donors (Lipinski definition) is 2. The highest BCUT2D eigenvalue weighted by atomic mass is 31.2. The van der Waals surface area contributed by atoms with Gasteiger partial charge in [0.15, 0.2) is 0 Å². The van der Waals surface area contributed by atoms with Crippen molar-refractivity contribution >= 4 is 7.82 Å². The fraction of sp³-hybridized carbons (Fsp3) is 1.00. The minimum atomic E-state index is -4.45. The third-order valence-corrected chi connectivity index (χ3v) is 3.55. The molecule has 0 saturated heterocycles. The fourth-order valence-corrected chi connectivity index (χ4v) is 3.18. The third-order valence-electron chi connectivity index (χ3n) is 2.97. The van der Waals surface area contributed by atoms with Gasteiger partial charge in [-0.15, -0.1) is 0 Å². The Balaban J connectivity index is 5.18. The van der Waals surface area contributed by atoms with E-state index in [-0.39, 0.29) is 11.8 Å². The summed E-state index contributed by atoms with van der Waals surface area (Å²) in [6.07, 6.45) is 0.646. The zero-order valence-corrected chi connectivity index (χ0v) is 12.0. The molecule has 0 aromatic carbocycles. The average Bonchev–Trinajstić information content (AvgIpc) is 1.98. The lowest BCUT2D eigenvalue weighted by Gasteiger charge is -2.42. The number of phosphoric ester groups is 1. The molecule has 0 radical (unpaired) electrons. The molecular formula is C11H25O4P. The highest BCUT2D eigenvalue weighted by Crippen LogP contribution is 2.49. The molecule has 0 amide bonds. The van der Waals surface area contributed by atoms with Gasteiger partial charge < -0.3 is 9.79 Å². The van der Waals surface area contributed by atoms with E-state index in [9.17, 15) is 4.57 Å². The number of rotatable bonds is 6. The predicted octanol–water partition coefficient (Wildman–Crippen LogP) is 3.19. The molecule has 0 bridgehead atoms. The van der Waals surface area contributed by atoms with E-state index < -0.39 is 13.4 Å². The van der Waals surface area contributed by atoms with E-state index in [1.807, 2.05) is 41.5 Å². The SMILES string of the molecule is CC(C)CC(OP(=O)(O)O)(C(C)C)C(C)C. The van der Waals surface area contributed by atoms with Crippen LogP contribution in [0.25, 0.3) is 0 Å². The Labute approximate surface area is 98.6 Å². The van der Waals surface area contributed by atoms with Gasteiger partial charge in [0.2, 0.25) is 0 Å². The highest BCUT2D eigenvalue weighted by molar-refractivity contribution is 7.46. The third kappa shape index (κ3) is 4.54. The summed E-state index contributed by atoms with van der Waals surface area (Å²) in [6, 6.07) is 0. The van der Waals surface area contributed by atoms with Crippen LogP contribution in [-0.2, 0) is 9.09 Å². The number of phosphoric acid groups is 1. The molecule has 0 aliphatic rings. The van der Waals surface area contributed by atoms with Gasteiger partial charge >= 0.3 is 7.82 Å². The topological polar surface area (TPSA) is 66.8 Å². The molecule has 0 spiro atoms. The lowest BCUT2D eigenvalue weighted by Crippen LogP contribution is -2.44. The molecule has 0 saturated carbocycles. The van der Waals surface area contributed by atoms with Crippen molar-refractivity contribution < 1.29 is 18.9 Å². The van der Waals surface area contributed by atoms with Crippen molar-refractivity contribution in [1.29, 1.82) is 0 Å². The maximum Gasteiger partial charge on any atom is 0.470 e. The standard InChI is InChI=1S/C11H25O4P/c1-8(2)7-11(9(3)4,10(5)6)15-16(12,13)14/h8-10H,7H2,1-6H3,(H2,12,13,14). The van der Waals surface area contributed by atoms with Crippen LogP contribution in [-0.4, -0.2) is 15.4 Å². The first-order valence-electron chi connectivity index (χ1n) is 5.77. The molecule has 5 heteroatoms. The minimum absolute atomic E-state index is 0.0579. The summed E-state index contributed by atoms with van der Waals surface area (Å²) in [5.41, 5.74) is -0.757. The average molecular weight is 252 g/mol. The molecule has 0 unspecified atom stereocenters. The smallest absolute Gasteiger partial charge is 0.303 e. The van der Waals surface area contributed by atoms with Crippen LogP contribution in [0.5, 0.6) is 0 Å². The van der Waals surface area contributed by atoms with Crippen LogP contribution >= 0.6 is 7.82 Å². The van der Waals surface area contributed by atoms with Crippen molar-refractivity contribution in [2.75, 3.05) is 0 Å². The van der Waals surface area contributed by atoms with Crippen molar-refractivity contribution in [1.82, 2.24) is 0 Å². The summed E-state index contributed by atoms with van der Waals surface area (Å²) in [6.45, 7) is 11.8. The summed E-state index contributed by atoms with van der Waals surface area (Å²) in [5, 5.41) is 0. The highest BCUT2D eigenvalue weighted by Gasteiger charge is 2.43. The monoisotopic (exact) mass is 252 g/mol. The molecule has 98 valence electrons. The van der Waals surface area contributed by atoms with Crippen molar-refractivity contribution in [2.45, 2.75) is 53.6 Å². The van der Waals surface area contributed by atoms with Crippen LogP contribution in [0.1, 0.15) is 48.0 Å². The van der Waals surface area contributed by atoms with Crippen LogP contribution in [0.3, 0.4) is 0 Å². The van der Waals surface area contributed by atoms with E-state index in [2.05, 4.69) is 0 Å². The van der Waals surface area contributed by atoms with Crippen LogP contribution in [0, 0.1) is 17.8 Å². The fourth-order valence-electron chi connectivity index (χ4n) is 2.25. The van der Waals surface area contributed by atoms with E-state index in [0.717, 1.165) is 0 Å². The molecule has 0 rings (SSSR count). The van der Waals surface area contributed by atoms with E-state index in [1.54, 1.807) is 0 Å². The van der Waals surface area contributed by atoms with E-state index in [0.29, 0.717) is 12.3 Å². The van der Waals surface area contributed by atoms with Gasteiger partial charge in [0.25, 0.3) is 0 Å². The summed E-state index contributed by atoms with van der Waals surface area (Å²) in [7, 11) is -4.45. The van der Waals surface area contributed by atoms with Crippen LogP contribution in [0.2, 0.25) is 0 Å². The zero-order valence-electron chi connectivity index (χ0n) is 11.1. The lowest BCUT2D eigenvalue weighted by atomic mass is 9.75. The molecule has 0 aliphatic heterocycles. The lowest BCUT2D eigenvalue weighted by molar-refractivity contribution is -0.0572. The van der Waals surface area contributed by atoms with Crippen molar-refractivity contribution in [3.8, 4) is 0 Å². The quantitative estimate of drug-likeness (QED) is 0.712. The Morgan fingerprint density at radius 1 is 1.06 bits per heavy atom. The van der Waals surface area contributed by atoms with Gasteiger partial charge in [-0.05, 0) is 24.2 Å². The second-order valence-electron chi connectivity index (χ2n) is 5.44. The van der Waals surface area contributed by atoms with E-state index in [1.165, 1.54) is 0 Å². The predicted molar refractivity (Wildman–Crippen MR) is 65.0 cm³/mol. The molecule has 16 heavy (non-hydrogen) atoms. The Kier molecular flexibility index (Phi) is 5.67. The van der Waals surface area contributed by atoms with Crippen molar-refractivity contribution in [3.05, 3.63) is 0 Å². The molecule has 2 N–H and O–H groups in total. The largest absolute Gasteiger partial charge is 0.470 e. The Morgan fingerprint density at radius 3 is 1.62 bits per heavy atom. The van der Waals surface area contributed by atoms with Gasteiger partial charge in [0, 0.05) is 0 Å². The van der Waals surface area contributed by atoms with Gasteiger partial charge in [0.1, 0.15) is 0 Å². The van der Waals surface area contributed by atoms with Gasteiger partial charge in [-0.25, -0.2) is 4.57 Å². The molecule has 0 aromatic rings. The first-order chi connectivity index (χ1) is 7.01. The molecule has 0 heterocycles. The summed E-state index contributed by atoms with van der Waals surface area (Å²) >= 11 is 0. The van der Waals surface area contributed by atoms with E-state index in [4.69, 9.17) is 14.3 Å². The maximum absolute atomic E-state index is 11.1. The molecular weight excluding hydrogens is 227 g/mol. The van der Waals surface area contributed by atoms with E-state index >= 15 is 0 Å². The Bertz CT molecular complexity index is 247. The van der Waals surface area contributed by atoms with Gasteiger partial charge in [-0.2, -0.15) is 0 Å². The van der Waals surface area contributed by atoms with Gasteiger partial charge in [-0.1, -0.05) is 41.5 Å². The Hall–Kier alpha value is 0.110. The van der Waals surface area contributed by atoms with Gasteiger partial charge in [-0.3, -0.25) is 4.52 Å². The normalized spacial score (nSPS) is 14.2. The molecule has 0 aliphatic carbocycles. The molecule has 0 aromatic heterocycles. The zero-order chi connectivity index (χ0) is 13.1. The first-order valence-corrected chi connectivity index (χ1v) is 7.30. The molecule has 0 atom stereocenters. The minimum Gasteiger partial charge on any atom is -0.303 e. The van der Waals surface area contributed by atoms with Crippen molar-refractivity contribution in [2.24, 2.45) is 17.8 Å². The summed E-state index contributed by atoms with van der Waals surface area (Å²) in [4.78, 5) is 18.1. The maximum atomic E-state index is 11.1. The van der Waals surface area contributed by atoms with Gasteiger partial charge in [0.05, 0.1) is 5.60 Å². The first kappa shape index (κ1) is 16.1. The second kappa shape index (κ2) is 5.63. The Morgan fingerprint density at radius 2 is 1.44 bits per heavy atom. The molecule has 0 fully saturated rings. The van der Waals surface area contributed by atoms with Crippen molar-refractivity contribution in [3.63, 3.8) is 0 Å². The second-order valence-corrected chi connectivity index (χ2v) is 6.61. The molecule has 4 nitrogen and oxygen atoms in total. The van der Waals surface area contributed by atoms with Crippen LogP contribution in [0.4, 0.5) is 0 Å². The number of hydrogen-bond acceptors (Lipinski definition) is 2. The summed E-state index contributed by atoms with van der Waals surface area (Å²) < 4.78 is 16.2. The van der Waals surface area contributed by atoms with Crippen LogP contribution in [0.15, 0.2) is 0 Å². The van der Waals surface area contributed by atoms with Crippen LogP contribution < -0.4 is 0 Å².